The Morgan fingerprint density at radius 2 is 1.93 bits per heavy atom. The second-order valence-corrected chi connectivity index (χ2v) is 9.71. The molecule has 1 unspecified atom stereocenters. The molecule has 0 bridgehead atoms. The number of hydrogen-bond donors (Lipinski definition) is 1. The zero-order valence-corrected chi connectivity index (χ0v) is 17.8. The lowest BCUT2D eigenvalue weighted by atomic mass is 9.87. The van der Waals surface area contributed by atoms with Gasteiger partial charge in [-0.1, -0.05) is 6.07 Å². The SMILES string of the molecule is CC(C)(C)[N+]1(CC2Cn3c(=O)ccc4ccc(C#N)c2c43)CCC(NC(=O)[O-])CC1. The van der Waals surface area contributed by atoms with Crippen LogP contribution in [0.5, 0.6) is 0 Å². The van der Waals surface area contributed by atoms with Crippen molar-refractivity contribution in [1.82, 2.24) is 9.88 Å². The van der Waals surface area contributed by atoms with Crippen molar-refractivity contribution in [2.24, 2.45) is 0 Å². The van der Waals surface area contributed by atoms with Crippen LogP contribution in [0.1, 0.15) is 50.7 Å². The molecule has 3 heterocycles. The molecule has 2 aromatic rings. The van der Waals surface area contributed by atoms with Crippen LogP contribution in [-0.2, 0) is 6.54 Å². The van der Waals surface area contributed by atoms with Crippen molar-refractivity contribution >= 4 is 17.0 Å². The van der Waals surface area contributed by atoms with E-state index in [1.54, 1.807) is 6.07 Å². The number of nitrogens with zero attached hydrogens (tertiary/aromatic N) is 3. The van der Waals surface area contributed by atoms with Gasteiger partial charge in [-0.15, -0.1) is 0 Å². The molecule has 1 fully saturated rings. The Morgan fingerprint density at radius 1 is 1.27 bits per heavy atom. The summed E-state index contributed by atoms with van der Waals surface area (Å²) in [5.41, 5.74) is 2.45. The molecule has 7 nitrogen and oxygen atoms in total. The average molecular weight is 409 g/mol. The number of benzene rings is 1. The molecule has 1 aromatic heterocycles. The van der Waals surface area contributed by atoms with Crippen LogP contribution >= 0.6 is 0 Å². The minimum atomic E-state index is -1.22. The summed E-state index contributed by atoms with van der Waals surface area (Å²) < 4.78 is 2.65. The maximum atomic E-state index is 12.6. The molecule has 1 N–H and O–H groups in total. The Bertz CT molecular complexity index is 1100. The van der Waals surface area contributed by atoms with Crippen LogP contribution in [0.3, 0.4) is 0 Å². The second-order valence-electron chi connectivity index (χ2n) is 9.71. The number of rotatable bonds is 3. The van der Waals surface area contributed by atoms with Crippen molar-refractivity contribution in [3.05, 3.63) is 45.7 Å². The van der Waals surface area contributed by atoms with Gasteiger partial charge < -0.3 is 24.3 Å². The van der Waals surface area contributed by atoms with E-state index < -0.39 is 6.09 Å². The van der Waals surface area contributed by atoms with Gasteiger partial charge in [-0.2, -0.15) is 5.26 Å². The van der Waals surface area contributed by atoms with E-state index in [-0.39, 0.29) is 23.1 Å². The molecular weight excluding hydrogens is 380 g/mol. The molecule has 0 aliphatic carbocycles. The third-order valence-electron chi connectivity index (χ3n) is 7.25. The average Bonchev–Trinajstić information content (AvgIpc) is 3.06. The van der Waals surface area contributed by atoms with Gasteiger partial charge in [0.15, 0.2) is 0 Å². The van der Waals surface area contributed by atoms with Gasteiger partial charge in [0.1, 0.15) is 6.09 Å². The van der Waals surface area contributed by atoms with Gasteiger partial charge in [0.2, 0.25) is 0 Å². The first-order valence-electron chi connectivity index (χ1n) is 10.6. The number of aromatic nitrogens is 1. The normalized spacial score (nSPS) is 25.8. The summed E-state index contributed by atoms with van der Waals surface area (Å²) in [6.45, 7) is 9.75. The van der Waals surface area contributed by atoms with E-state index >= 15 is 0 Å². The van der Waals surface area contributed by atoms with E-state index in [4.69, 9.17) is 0 Å². The highest BCUT2D eigenvalue weighted by Crippen LogP contribution is 2.40. The van der Waals surface area contributed by atoms with E-state index in [2.05, 4.69) is 32.2 Å². The number of likely N-dealkylation sites (tertiary alicyclic amines) is 1. The fourth-order valence-electron chi connectivity index (χ4n) is 5.50. The number of nitrogens with one attached hydrogen (secondary N) is 1. The molecule has 1 amide bonds. The Kier molecular flexibility index (Phi) is 4.86. The van der Waals surface area contributed by atoms with Crippen LogP contribution in [0.2, 0.25) is 0 Å². The van der Waals surface area contributed by atoms with Gasteiger partial charge in [-0.05, 0) is 38.3 Å². The van der Waals surface area contributed by atoms with Crippen molar-refractivity contribution in [2.45, 2.75) is 57.7 Å². The van der Waals surface area contributed by atoms with Gasteiger partial charge in [0.25, 0.3) is 5.56 Å². The molecule has 0 saturated carbocycles. The quantitative estimate of drug-likeness (QED) is 0.782. The Balaban J connectivity index is 1.71. The molecule has 2 aliphatic rings. The van der Waals surface area contributed by atoms with Crippen LogP contribution in [0.25, 0.3) is 10.9 Å². The Morgan fingerprint density at radius 3 is 2.53 bits per heavy atom. The summed E-state index contributed by atoms with van der Waals surface area (Å²) in [5, 5.41) is 24.2. The van der Waals surface area contributed by atoms with Crippen LogP contribution in [-0.4, -0.2) is 46.4 Å². The smallest absolute Gasteiger partial charge is 0.251 e. The van der Waals surface area contributed by atoms with Crippen LogP contribution in [0.4, 0.5) is 4.79 Å². The number of nitriles is 1. The fraction of sp³-hybridized carbons (Fsp3) is 0.522. The number of hydrogen-bond acceptors (Lipinski definition) is 4. The number of amides is 1. The molecule has 0 spiro atoms. The molecule has 7 heteroatoms. The molecule has 1 atom stereocenters. The maximum absolute atomic E-state index is 12.6. The van der Waals surface area contributed by atoms with Crippen molar-refractivity contribution in [3.63, 3.8) is 0 Å². The van der Waals surface area contributed by atoms with Gasteiger partial charge in [-0.25, -0.2) is 0 Å². The highest BCUT2D eigenvalue weighted by molar-refractivity contribution is 5.86. The van der Waals surface area contributed by atoms with Gasteiger partial charge in [-0.3, -0.25) is 4.79 Å². The number of carbonyl (C=O) groups is 1. The minimum absolute atomic E-state index is 0.0273. The number of pyridine rings is 1. The van der Waals surface area contributed by atoms with Crippen LogP contribution in [0, 0.1) is 11.3 Å². The largest absolute Gasteiger partial charge is 0.530 e. The predicted octanol–water partition coefficient (Wildman–Crippen LogP) is 1.68. The molecule has 158 valence electrons. The number of piperidine rings is 1. The Labute approximate surface area is 176 Å². The number of carbonyl (C=O) groups excluding carboxylic acids is 1. The van der Waals surface area contributed by atoms with Crippen LogP contribution < -0.4 is 16.0 Å². The first kappa shape index (κ1) is 20.4. The highest BCUT2D eigenvalue weighted by Gasteiger charge is 2.46. The van der Waals surface area contributed by atoms with Crippen LogP contribution in [0.15, 0.2) is 29.1 Å². The Hall–Kier alpha value is -2.85. The molecular formula is C23H28N4O3. The zero-order chi connectivity index (χ0) is 21.7. The van der Waals surface area contributed by atoms with E-state index in [1.807, 2.05) is 22.8 Å². The van der Waals surface area contributed by atoms with E-state index in [1.165, 1.54) is 0 Å². The third kappa shape index (κ3) is 3.25. The van der Waals surface area contributed by atoms with Crippen molar-refractivity contribution in [2.75, 3.05) is 19.6 Å². The molecule has 4 rings (SSSR count). The number of carboxylic acid groups (broad SMARTS) is 1. The lowest BCUT2D eigenvalue weighted by Crippen LogP contribution is -2.66. The third-order valence-corrected chi connectivity index (χ3v) is 7.25. The summed E-state index contributed by atoms with van der Waals surface area (Å²) in [5.74, 6) is 0.0725. The van der Waals surface area contributed by atoms with Gasteiger partial charge in [0.05, 0.1) is 48.2 Å². The van der Waals surface area contributed by atoms with Crippen molar-refractivity contribution in [1.29, 1.82) is 5.26 Å². The maximum Gasteiger partial charge on any atom is 0.251 e. The number of quaternary nitrogens is 1. The molecule has 0 radical (unpaired) electrons. The molecule has 1 aromatic carbocycles. The molecule has 2 aliphatic heterocycles. The summed E-state index contributed by atoms with van der Waals surface area (Å²) in [4.78, 5) is 23.5. The summed E-state index contributed by atoms with van der Waals surface area (Å²) in [6.07, 6.45) is 0.284. The zero-order valence-electron chi connectivity index (χ0n) is 17.8. The summed E-state index contributed by atoms with van der Waals surface area (Å²) in [6, 6.07) is 9.48. The molecule has 1 saturated heterocycles. The van der Waals surface area contributed by atoms with Gasteiger partial charge >= 0.3 is 0 Å². The predicted molar refractivity (Wildman–Crippen MR) is 112 cm³/mol. The van der Waals surface area contributed by atoms with Crippen molar-refractivity contribution < 1.29 is 14.4 Å². The van der Waals surface area contributed by atoms with E-state index in [0.29, 0.717) is 12.1 Å². The van der Waals surface area contributed by atoms with Gasteiger partial charge in [0, 0.05) is 37.1 Å². The van der Waals surface area contributed by atoms with E-state index in [9.17, 15) is 20.0 Å². The lowest BCUT2D eigenvalue weighted by molar-refractivity contribution is -0.976. The lowest BCUT2D eigenvalue weighted by Gasteiger charge is -2.53. The second kappa shape index (κ2) is 7.13. The topological polar surface area (TPSA) is 98.0 Å². The minimum Gasteiger partial charge on any atom is -0.530 e. The first-order valence-corrected chi connectivity index (χ1v) is 10.6. The highest BCUT2D eigenvalue weighted by atomic mass is 16.4. The fourth-order valence-corrected chi connectivity index (χ4v) is 5.50. The summed E-state index contributed by atoms with van der Waals surface area (Å²) in [7, 11) is 0. The first-order chi connectivity index (χ1) is 14.1. The summed E-state index contributed by atoms with van der Waals surface area (Å²) >= 11 is 0. The van der Waals surface area contributed by atoms with E-state index in [0.717, 1.165) is 53.4 Å². The van der Waals surface area contributed by atoms with Crippen molar-refractivity contribution in [3.8, 4) is 6.07 Å². The monoisotopic (exact) mass is 408 g/mol. The standard InChI is InChI=1S/C23H28N4O3/c1-23(2,3)27(10-8-18(9-11-27)25-22(29)30)14-17-13-26-19(28)7-6-15-4-5-16(12-24)20(17)21(15)26/h4-7,17-18,25H,8-11,13-14H2,1-3H3. The molecule has 30 heavy (non-hydrogen) atoms.